The first-order chi connectivity index (χ1) is 9.07. The molecule has 0 unspecified atom stereocenters. The Morgan fingerprint density at radius 1 is 1.21 bits per heavy atom. The zero-order chi connectivity index (χ0) is 13.5. The van der Waals surface area contributed by atoms with Crippen LogP contribution in [0, 0.1) is 5.41 Å². The van der Waals surface area contributed by atoms with Crippen LogP contribution < -0.4 is 10.2 Å². The van der Waals surface area contributed by atoms with Crippen molar-refractivity contribution in [2.75, 3.05) is 30.4 Å². The molecule has 0 spiro atoms. The molecule has 0 amide bonds. The fourth-order valence-electron chi connectivity index (χ4n) is 2.61. The van der Waals surface area contributed by atoms with Gasteiger partial charge in [-0.05, 0) is 31.1 Å². The molecule has 2 heterocycles. The van der Waals surface area contributed by atoms with E-state index in [1.54, 1.807) is 0 Å². The maximum absolute atomic E-state index is 4.79. The average Bonchev–Trinajstić information content (AvgIpc) is 3.22. The molecule has 1 aliphatic heterocycles. The minimum Gasteiger partial charge on any atom is -0.373 e. The molecule has 0 bridgehead atoms. The highest BCUT2D eigenvalue weighted by atomic mass is 15.2. The summed E-state index contributed by atoms with van der Waals surface area (Å²) in [6.45, 7) is 6.94. The lowest BCUT2D eigenvalue weighted by molar-refractivity contribution is 0.279. The second-order valence-electron chi connectivity index (χ2n) is 6.65. The molecule has 1 saturated carbocycles. The number of aromatic nitrogens is 2. The SMILES string of the molecule is CNc1cc(N2CCC(C)(C)CC2)nc(C2CC2)n1. The zero-order valence-electron chi connectivity index (χ0n) is 12.2. The van der Waals surface area contributed by atoms with Gasteiger partial charge in [0.2, 0.25) is 0 Å². The molecular weight excluding hydrogens is 236 g/mol. The van der Waals surface area contributed by atoms with E-state index in [0.29, 0.717) is 11.3 Å². The van der Waals surface area contributed by atoms with Crippen LogP contribution in [0.3, 0.4) is 0 Å². The largest absolute Gasteiger partial charge is 0.373 e. The van der Waals surface area contributed by atoms with Crippen molar-refractivity contribution in [3.63, 3.8) is 0 Å². The molecule has 1 N–H and O–H groups in total. The minimum atomic E-state index is 0.481. The van der Waals surface area contributed by atoms with Crippen molar-refractivity contribution >= 4 is 11.6 Å². The Kier molecular flexibility index (Phi) is 3.11. The van der Waals surface area contributed by atoms with Gasteiger partial charge < -0.3 is 10.2 Å². The van der Waals surface area contributed by atoms with E-state index in [4.69, 9.17) is 4.98 Å². The van der Waals surface area contributed by atoms with E-state index in [1.807, 2.05) is 7.05 Å². The fraction of sp³-hybridized carbons (Fsp3) is 0.733. The van der Waals surface area contributed by atoms with Crippen molar-refractivity contribution in [1.29, 1.82) is 0 Å². The third-order valence-electron chi connectivity index (χ3n) is 4.37. The maximum Gasteiger partial charge on any atom is 0.136 e. The van der Waals surface area contributed by atoms with Crippen LogP contribution in [0.4, 0.5) is 11.6 Å². The number of anilines is 2. The van der Waals surface area contributed by atoms with Crippen LogP contribution in [0.2, 0.25) is 0 Å². The number of piperidine rings is 1. The highest BCUT2D eigenvalue weighted by molar-refractivity contribution is 5.50. The molecule has 4 nitrogen and oxygen atoms in total. The Labute approximate surface area is 115 Å². The van der Waals surface area contributed by atoms with Gasteiger partial charge in [0, 0.05) is 32.1 Å². The quantitative estimate of drug-likeness (QED) is 0.907. The molecule has 19 heavy (non-hydrogen) atoms. The molecule has 0 aromatic carbocycles. The van der Waals surface area contributed by atoms with Crippen molar-refractivity contribution in [3.8, 4) is 0 Å². The molecule has 2 fully saturated rings. The van der Waals surface area contributed by atoms with Gasteiger partial charge in [-0.3, -0.25) is 0 Å². The van der Waals surface area contributed by atoms with E-state index < -0.39 is 0 Å². The summed E-state index contributed by atoms with van der Waals surface area (Å²) in [6, 6.07) is 2.09. The van der Waals surface area contributed by atoms with Crippen molar-refractivity contribution in [1.82, 2.24) is 9.97 Å². The van der Waals surface area contributed by atoms with Gasteiger partial charge in [0.25, 0.3) is 0 Å². The van der Waals surface area contributed by atoms with Crippen LogP contribution in [0.5, 0.6) is 0 Å². The van der Waals surface area contributed by atoms with E-state index in [9.17, 15) is 0 Å². The average molecular weight is 260 g/mol. The first-order valence-electron chi connectivity index (χ1n) is 7.39. The van der Waals surface area contributed by atoms with E-state index in [1.165, 1.54) is 25.7 Å². The highest BCUT2D eigenvalue weighted by Crippen LogP contribution is 2.39. The monoisotopic (exact) mass is 260 g/mol. The summed E-state index contributed by atoms with van der Waals surface area (Å²) in [5.41, 5.74) is 0.481. The Balaban J connectivity index is 1.81. The topological polar surface area (TPSA) is 41.0 Å². The standard InChI is InChI=1S/C15H24N4/c1-15(2)6-8-19(9-7-15)13-10-12(16-3)17-14(18-13)11-4-5-11/h10-11H,4-9H2,1-3H3,(H,16,17,18). The Morgan fingerprint density at radius 3 is 2.47 bits per heavy atom. The maximum atomic E-state index is 4.79. The van der Waals surface area contributed by atoms with Crippen LogP contribution >= 0.6 is 0 Å². The number of hydrogen-bond acceptors (Lipinski definition) is 4. The third-order valence-corrected chi connectivity index (χ3v) is 4.37. The van der Waals surface area contributed by atoms with Gasteiger partial charge >= 0.3 is 0 Å². The van der Waals surface area contributed by atoms with Gasteiger partial charge in [-0.25, -0.2) is 9.97 Å². The van der Waals surface area contributed by atoms with Crippen molar-refractivity contribution < 1.29 is 0 Å². The Morgan fingerprint density at radius 2 is 1.89 bits per heavy atom. The Hall–Kier alpha value is -1.32. The lowest BCUT2D eigenvalue weighted by Crippen LogP contribution is -2.37. The normalized spacial score (nSPS) is 22.4. The summed E-state index contributed by atoms with van der Waals surface area (Å²) < 4.78 is 0. The molecule has 3 rings (SSSR count). The predicted molar refractivity (Wildman–Crippen MR) is 78.8 cm³/mol. The summed E-state index contributed by atoms with van der Waals surface area (Å²) >= 11 is 0. The summed E-state index contributed by atoms with van der Waals surface area (Å²) in [7, 11) is 1.93. The van der Waals surface area contributed by atoms with Crippen molar-refractivity contribution in [2.24, 2.45) is 5.41 Å². The van der Waals surface area contributed by atoms with Gasteiger partial charge in [0.1, 0.15) is 17.5 Å². The van der Waals surface area contributed by atoms with E-state index >= 15 is 0 Å². The number of nitrogens with zero attached hydrogens (tertiary/aromatic N) is 3. The van der Waals surface area contributed by atoms with E-state index in [2.05, 4.69) is 35.1 Å². The molecule has 1 aromatic rings. The molecule has 0 radical (unpaired) electrons. The van der Waals surface area contributed by atoms with Crippen LogP contribution in [-0.2, 0) is 0 Å². The molecule has 104 valence electrons. The molecule has 1 aliphatic carbocycles. The molecule has 0 atom stereocenters. The first kappa shape index (κ1) is 12.7. The number of rotatable bonds is 3. The molecule has 1 aromatic heterocycles. The van der Waals surface area contributed by atoms with E-state index in [0.717, 1.165) is 30.5 Å². The summed E-state index contributed by atoms with van der Waals surface area (Å²) in [5, 5.41) is 3.17. The van der Waals surface area contributed by atoms with Crippen LogP contribution in [-0.4, -0.2) is 30.1 Å². The Bertz CT molecular complexity index is 455. The molecular formula is C15H24N4. The number of hydrogen-bond donors (Lipinski definition) is 1. The van der Waals surface area contributed by atoms with Gasteiger partial charge in [0.05, 0.1) is 0 Å². The van der Waals surface area contributed by atoms with Crippen LogP contribution in [0.25, 0.3) is 0 Å². The lowest BCUT2D eigenvalue weighted by atomic mass is 9.83. The minimum absolute atomic E-state index is 0.481. The molecule has 4 heteroatoms. The predicted octanol–water partition coefficient (Wildman–Crippen LogP) is 3.02. The smallest absolute Gasteiger partial charge is 0.136 e. The third kappa shape index (κ3) is 2.82. The van der Waals surface area contributed by atoms with Gasteiger partial charge in [-0.2, -0.15) is 0 Å². The lowest BCUT2D eigenvalue weighted by Gasteiger charge is -2.37. The van der Waals surface area contributed by atoms with Gasteiger partial charge in [-0.1, -0.05) is 13.8 Å². The number of nitrogens with one attached hydrogen (secondary N) is 1. The summed E-state index contributed by atoms with van der Waals surface area (Å²) in [5.74, 6) is 3.70. The second-order valence-corrected chi connectivity index (χ2v) is 6.65. The van der Waals surface area contributed by atoms with Crippen LogP contribution in [0.1, 0.15) is 51.3 Å². The summed E-state index contributed by atoms with van der Waals surface area (Å²) in [4.78, 5) is 11.8. The van der Waals surface area contributed by atoms with Crippen molar-refractivity contribution in [2.45, 2.75) is 45.4 Å². The molecule has 1 saturated heterocycles. The van der Waals surface area contributed by atoms with Gasteiger partial charge in [-0.15, -0.1) is 0 Å². The van der Waals surface area contributed by atoms with Gasteiger partial charge in [0.15, 0.2) is 0 Å². The zero-order valence-corrected chi connectivity index (χ0v) is 12.2. The highest BCUT2D eigenvalue weighted by Gasteiger charge is 2.30. The fourth-order valence-corrected chi connectivity index (χ4v) is 2.61. The first-order valence-corrected chi connectivity index (χ1v) is 7.39. The van der Waals surface area contributed by atoms with Crippen LogP contribution in [0.15, 0.2) is 6.07 Å². The van der Waals surface area contributed by atoms with E-state index in [-0.39, 0.29) is 0 Å². The molecule has 2 aliphatic rings. The van der Waals surface area contributed by atoms with Crippen molar-refractivity contribution in [3.05, 3.63) is 11.9 Å². The second kappa shape index (κ2) is 4.66. The summed E-state index contributed by atoms with van der Waals surface area (Å²) in [6.07, 6.45) is 4.98.